The van der Waals surface area contributed by atoms with Crippen LogP contribution in [0.25, 0.3) is 22.0 Å². The summed E-state index contributed by atoms with van der Waals surface area (Å²) in [7, 11) is 0. The summed E-state index contributed by atoms with van der Waals surface area (Å²) in [5, 5.41) is 33.7. The Morgan fingerprint density at radius 1 is 0.885 bits per heavy atom. The fraction of sp³-hybridized carbons (Fsp3) is 0.231. The first-order valence-corrected chi connectivity index (χ1v) is 16.5. The van der Waals surface area contributed by atoms with Crippen LogP contribution in [0, 0.1) is 5.21 Å². The third-order valence-corrected chi connectivity index (χ3v) is 8.63. The van der Waals surface area contributed by atoms with Gasteiger partial charge in [0.1, 0.15) is 18.2 Å². The molecule has 13 nitrogen and oxygen atoms in total. The lowest BCUT2D eigenvalue weighted by Gasteiger charge is -2.26. The highest BCUT2D eigenvalue weighted by molar-refractivity contribution is 5.92. The molecule has 1 amide bonds. The largest absolute Gasteiger partial charge is 0.595 e. The fourth-order valence-corrected chi connectivity index (χ4v) is 6.44. The number of nitrogens with one attached hydrogen (secondary N) is 2. The average molecular weight is 708 g/mol. The Morgan fingerprint density at radius 3 is 2.12 bits per heavy atom. The summed E-state index contributed by atoms with van der Waals surface area (Å²) < 4.78 is 17.9. The van der Waals surface area contributed by atoms with Crippen molar-refractivity contribution in [2.75, 3.05) is 6.61 Å². The maximum Gasteiger partial charge on any atom is 0.419 e. The van der Waals surface area contributed by atoms with E-state index in [4.69, 9.17) is 14.2 Å². The Balaban J connectivity index is 1.25. The second kappa shape index (κ2) is 14.7. The number of para-hydroxylation sites is 2. The summed E-state index contributed by atoms with van der Waals surface area (Å²) in [6, 6.07) is 27.9. The third kappa shape index (κ3) is 7.51. The van der Waals surface area contributed by atoms with Crippen molar-refractivity contribution in [1.82, 2.24) is 9.88 Å². The molecule has 52 heavy (non-hydrogen) atoms. The summed E-state index contributed by atoms with van der Waals surface area (Å²) >= 11 is 0. The van der Waals surface area contributed by atoms with Crippen LogP contribution in [0.3, 0.4) is 0 Å². The lowest BCUT2D eigenvalue weighted by Crippen LogP contribution is -2.99. The number of carboxylic acids is 1. The number of benzene rings is 4. The first-order valence-electron chi connectivity index (χ1n) is 16.5. The number of quaternary nitrogens is 1. The molecule has 2 unspecified atom stereocenters. The molecule has 4 aromatic carbocycles. The van der Waals surface area contributed by atoms with Crippen LogP contribution in [-0.4, -0.2) is 57.3 Å². The topological polar surface area (TPSA) is 181 Å². The molecule has 0 bridgehead atoms. The Hall–Kier alpha value is -6.02. The highest BCUT2D eigenvalue weighted by Crippen LogP contribution is 2.44. The van der Waals surface area contributed by atoms with E-state index in [9.17, 15) is 34.7 Å². The molecule has 0 saturated heterocycles. The van der Waals surface area contributed by atoms with E-state index in [0.29, 0.717) is 10.9 Å². The van der Waals surface area contributed by atoms with Gasteiger partial charge in [0.05, 0.1) is 11.1 Å². The van der Waals surface area contributed by atoms with Crippen LogP contribution >= 0.6 is 0 Å². The molecule has 4 N–H and O–H groups in total. The number of aliphatic carboxylic acids is 1. The predicted molar refractivity (Wildman–Crippen MR) is 188 cm³/mol. The van der Waals surface area contributed by atoms with E-state index in [1.807, 2.05) is 48.5 Å². The number of alkyl carbamates (subject to hydrolysis) is 1. The number of nitrogens with zero attached hydrogens (tertiary/aromatic N) is 1. The van der Waals surface area contributed by atoms with Gasteiger partial charge in [-0.1, -0.05) is 78.9 Å². The van der Waals surface area contributed by atoms with Crippen molar-refractivity contribution >= 4 is 40.7 Å². The zero-order valence-corrected chi connectivity index (χ0v) is 28.6. The Morgan fingerprint density at radius 2 is 1.48 bits per heavy atom. The summed E-state index contributed by atoms with van der Waals surface area (Å²) in [6.45, 7) is 4.79. The van der Waals surface area contributed by atoms with E-state index in [0.717, 1.165) is 26.8 Å². The summed E-state index contributed by atoms with van der Waals surface area (Å²) in [5.41, 5.74) is 3.11. The smallest absolute Gasteiger partial charge is 0.419 e. The molecule has 1 aliphatic carbocycles. The summed E-state index contributed by atoms with van der Waals surface area (Å²) in [5.74, 6) is -2.64. The van der Waals surface area contributed by atoms with Crippen molar-refractivity contribution in [3.8, 4) is 11.1 Å². The highest BCUT2D eigenvalue weighted by atomic mass is 16.8. The Labute approximate surface area is 298 Å². The third-order valence-electron chi connectivity index (χ3n) is 8.63. The van der Waals surface area contributed by atoms with E-state index in [1.165, 1.54) is 24.3 Å². The zero-order chi connectivity index (χ0) is 37.2. The molecular formula is C39H37N3O10. The molecule has 13 heteroatoms. The minimum absolute atomic E-state index is 0.0390. The lowest BCUT2D eigenvalue weighted by atomic mass is 9.98. The number of rotatable bonds is 10. The van der Waals surface area contributed by atoms with E-state index < -0.39 is 47.1 Å². The molecule has 3 atom stereocenters. The quantitative estimate of drug-likeness (QED) is 0.0805. The van der Waals surface area contributed by atoms with E-state index in [-0.39, 0.29) is 35.9 Å². The average Bonchev–Trinajstić information content (AvgIpc) is 3.63. The molecule has 1 aromatic heterocycles. The SMILES string of the molecule is CC(C)(C)OC(=O)C(OC(=O)n1c(C[C@@H](NC(=O)OCC2c3ccccc3-c3ccccc32)C(=O)O)cc2ccccc21)c1ccccc1[NH+]([O-])O. The minimum Gasteiger partial charge on any atom is -0.595 e. The number of ether oxygens (including phenoxy) is 3. The second-order valence-corrected chi connectivity index (χ2v) is 13.3. The van der Waals surface area contributed by atoms with Gasteiger partial charge < -0.3 is 29.8 Å². The van der Waals surface area contributed by atoms with Crippen LogP contribution in [0.2, 0.25) is 0 Å². The fourth-order valence-electron chi connectivity index (χ4n) is 6.44. The van der Waals surface area contributed by atoms with Gasteiger partial charge in [-0.05, 0) is 61.2 Å². The van der Waals surface area contributed by atoms with Crippen molar-refractivity contribution in [3.05, 3.63) is 131 Å². The number of carbonyl (C=O) groups excluding carboxylic acids is 3. The van der Waals surface area contributed by atoms with Crippen molar-refractivity contribution in [2.45, 2.75) is 50.9 Å². The standard InChI is InChI=1S/C39H37N3O10/c1-39(2,3)52-36(45)34(29-17-9-11-19-33(29)42(48)49)51-38(47)41-24(20-23-12-4-10-18-32(23)41)21-31(35(43)44)40-37(46)50-22-30-27-15-7-5-13-25(27)26-14-6-8-16-28(26)30/h4-20,30-31,34,42,48H,21-22H2,1-3H3,(H,40,46)(H,43,44)/t31-,34?/m1/s1. The monoisotopic (exact) mass is 707 g/mol. The molecule has 268 valence electrons. The van der Waals surface area contributed by atoms with E-state index in [2.05, 4.69) is 5.32 Å². The van der Waals surface area contributed by atoms with Crippen molar-refractivity contribution in [2.24, 2.45) is 0 Å². The first-order chi connectivity index (χ1) is 24.8. The Bertz CT molecular complexity index is 2110. The van der Waals surface area contributed by atoms with E-state index >= 15 is 0 Å². The molecule has 0 fully saturated rings. The molecule has 0 radical (unpaired) electrons. The summed E-state index contributed by atoms with van der Waals surface area (Å²) in [6.07, 6.45) is -4.24. The second-order valence-electron chi connectivity index (χ2n) is 13.3. The number of esters is 1. The van der Waals surface area contributed by atoms with Gasteiger partial charge >= 0.3 is 24.1 Å². The minimum atomic E-state index is -1.79. The first kappa shape index (κ1) is 35.8. The number of amides is 1. The van der Waals surface area contributed by atoms with E-state index in [1.54, 1.807) is 51.1 Å². The Kier molecular flexibility index (Phi) is 10.1. The van der Waals surface area contributed by atoms with Crippen LogP contribution in [0.1, 0.15) is 55.2 Å². The van der Waals surface area contributed by atoms with Crippen molar-refractivity contribution in [1.29, 1.82) is 0 Å². The maximum absolute atomic E-state index is 14.0. The number of hydrogen-bond acceptors (Lipinski definition) is 9. The molecule has 1 heterocycles. The van der Waals surface area contributed by atoms with Gasteiger partial charge in [0.25, 0.3) is 0 Å². The maximum atomic E-state index is 14.0. The molecular weight excluding hydrogens is 670 g/mol. The van der Waals surface area contributed by atoms with Gasteiger partial charge in [0.2, 0.25) is 6.10 Å². The van der Waals surface area contributed by atoms with Gasteiger partial charge in [-0.2, -0.15) is 5.23 Å². The molecule has 0 spiro atoms. The predicted octanol–water partition coefficient (Wildman–Crippen LogP) is 5.65. The number of carboxylic acid groups (broad SMARTS) is 1. The molecule has 5 aromatic rings. The van der Waals surface area contributed by atoms with Crippen LogP contribution in [0.15, 0.2) is 103 Å². The van der Waals surface area contributed by atoms with Gasteiger partial charge in [-0.3, -0.25) is 0 Å². The number of hydrogen-bond donors (Lipinski definition) is 4. The highest BCUT2D eigenvalue weighted by Gasteiger charge is 2.36. The van der Waals surface area contributed by atoms with Crippen molar-refractivity contribution in [3.63, 3.8) is 0 Å². The number of aromatic nitrogens is 1. The number of carbonyl (C=O) groups is 4. The molecule has 6 rings (SSSR count). The van der Waals surface area contributed by atoms with Crippen LogP contribution in [0.5, 0.6) is 0 Å². The number of fused-ring (bicyclic) bond motifs is 4. The van der Waals surface area contributed by atoms with Crippen LogP contribution in [0.4, 0.5) is 15.3 Å². The normalized spacial score (nSPS) is 14.1. The van der Waals surface area contributed by atoms with Gasteiger partial charge in [0, 0.05) is 29.5 Å². The zero-order valence-electron chi connectivity index (χ0n) is 28.6. The van der Waals surface area contributed by atoms with Gasteiger partial charge in [0.15, 0.2) is 5.69 Å². The molecule has 0 aliphatic heterocycles. The van der Waals surface area contributed by atoms with Crippen LogP contribution in [-0.2, 0) is 30.2 Å². The van der Waals surface area contributed by atoms with Gasteiger partial charge in [-0.25, -0.2) is 29.0 Å². The molecule has 0 saturated carbocycles. The summed E-state index contributed by atoms with van der Waals surface area (Å²) in [4.78, 5) is 53.1. The molecule has 1 aliphatic rings. The lowest BCUT2D eigenvalue weighted by molar-refractivity contribution is -0.991. The van der Waals surface area contributed by atoms with Crippen molar-refractivity contribution < 1.29 is 48.9 Å². The van der Waals surface area contributed by atoms with Gasteiger partial charge in [-0.15, -0.1) is 0 Å². The van der Waals surface area contributed by atoms with Crippen LogP contribution < -0.4 is 10.5 Å².